The summed E-state index contributed by atoms with van der Waals surface area (Å²) in [7, 11) is 0. The van der Waals surface area contributed by atoms with Gasteiger partial charge in [-0.15, -0.1) is 0 Å². The summed E-state index contributed by atoms with van der Waals surface area (Å²) >= 11 is 0. The van der Waals surface area contributed by atoms with E-state index in [4.69, 9.17) is 4.74 Å². The Kier molecular flexibility index (Phi) is 3.20. The summed E-state index contributed by atoms with van der Waals surface area (Å²) in [6.45, 7) is 2.01. The first-order chi connectivity index (χ1) is 11.2. The number of anilines is 1. The number of ether oxygens (including phenoxy) is 1. The van der Waals surface area contributed by atoms with Gasteiger partial charge in [0.2, 0.25) is 0 Å². The van der Waals surface area contributed by atoms with Gasteiger partial charge in [-0.25, -0.2) is 4.79 Å². The Hall–Kier alpha value is -2.59. The van der Waals surface area contributed by atoms with Gasteiger partial charge in [0.15, 0.2) is 0 Å². The molecule has 3 aromatic rings. The molecule has 0 radical (unpaired) electrons. The van der Waals surface area contributed by atoms with Crippen molar-refractivity contribution in [1.29, 1.82) is 0 Å². The predicted molar refractivity (Wildman–Crippen MR) is 88.2 cm³/mol. The van der Waals surface area contributed by atoms with Gasteiger partial charge in [-0.3, -0.25) is 0 Å². The van der Waals surface area contributed by atoms with Gasteiger partial charge in [-0.1, -0.05) is 36.4 Å². The topological polar surface area (TPSA) is 61.4 Å². The van der Waals surface area contributed by atoms with E-state index in [1.165, 1.54) is 0 Å². The Balaban J connectivity index is 1.88. The van der Waals surface area contributed by atoms with Gasteiger partial charge in [0.05, 0.1) is 6.61 Å². The largest absolute Gasteiger partial charge is 0.847 e. The van der Waals surface area contributed by atoms with Crippen molar-refractivity contribution < 1.29 is 14.6 Å². The number of carbonyl (C=O) groups excluding carboxylic acids is 1. The maximum absolute atomic E-state index is 12.8. The Morgan fingerprint density at radius 1 is 1.13 bits per heavy atom. The number of benzene rings is 3. The molecular weight excluding hydrogens is 290 g/mol. The van der Waals surface area contributed by atoms with E-state index in [1.807, 2.05) is 36.4 Å². The molecule has 0 saturated carbocycles. The molecule has 0 amide bonds. The third-order valence-corrected chi connectivity index (χ3v) is 4.37. The van der Waals surface area contributed by atoms with Crippen LogP contribution in [0.4, 0.5) is 5.69 Å². The van der Waals surface area contributed by atoms with Crippen LogP contribution < -0.4 is 10.4 Å². The number of esters is 1. The molecule has 1 aliphatic heterocycles. The molecule has 2 unspecified atom stereocenters. The van der Waals surface area contributed by atoms with Crippen molar-refractivity contribution in [2.24, 2.45) is 0 Å². The van der Waals surface area contributed by atoms with Crippen molar-refractivity contribution >= 4 is 33.2 Å². The van der Waals surface area contributed by atoms with E-state index >= 15 is 0 Å². The minimum absolute atomic E-state index is 0.269. The summed E-state index contributed by atoms with van der Waals surface area (Å²) in [6, 6.07) is 15.2. The van der Waals surface area contributed by atoms with E-state index in [2.05, 4.69) is 17.4 Å². The molecule has 0 fully saturated rings. The van der Waals surface area contributed by atoms with E-state index < -0.39 is 18.1 Å². The van der Waals surface area contributed by atoms with Crippen LogP contribution in [0.5, 0.6) is 0 Å². The Bertz CT molecular complexity index is 919. The highest BCUT2D eigenvalue weighted by Crippen LogP contribution is 2.39. The van der Waals surface area contributed by atoms with Gasteiger partial charge >= 0.3 is 5.97 Å². The minimum Gasteiger partial charge on any atom is -0.847 e. The zero-order valence-electron chi connectivity index (χ0n) is 12.7. The lowest BCUT2D eigenvalue weighted by Crippen LogP contribution is -2.38. The van der Waals surface area contributed by atoms with Gasteiger partial charge in [-0.2, -0.15) is 0 Å². The van der Waals surface area contributed by atoms with E-state index in [9.17, 15) is 9.90 Å². The van der Waals surface area contributed by atoms with Gasteiger partial charge in [0, 0.05) is 5.69 Å². The third kappa shape index (κ3) is 2.14. The lowest BCUT2D eigenvalue weighted by molar-refractivity contribution is -0.425. The SMILES string of the molecule is CCOC(=O)C1Nc2ccc3cc4ccccc4cc3c2C1[O-]. The van der Waals surface area contributed by atoms with Gasteiger partial charge < -0.3 is 15.2 Å². The summed E-state index contributed by atoms with van der Waals surface area (Å²) < 4.78 is 5.01. The Morgan fingerprint density at radius 3 is 2.61 bits per heavy atom. The number of rotatable bonds is 2. The van der Waals surface area contributed by atoms with Crippen LogP contribution in [0.2, 0.25) is 0 Å². The van der Waals surface area contributed by atoms with Crippen LogP contribution in [0.15, 0.2) is 48.5 Å². The smallest absolute Gasteiger partial charge is 0.327 e. The van der Waals surface area contributed by atoms with Crippen molar-refractivity contribution in [3.8, 4) is 0 Å². The lowest BCUT2D eigenvalue weighted by Gasteiger charge is -2.24. The summed E-state index contributed by atoms with van der Waals surface area (Å²) in [4.78, 5) is 12.0. The molecule has 4 heteroatoms. The van der Waals surface area contributed by atoms with Crippen molar-refractivity contribution in [1.82, 2.24) is 0 Å². The van der Waals surface area contributed by atoms with Crippen LogP contribution in [-0.2, 0) is 9.53 Å². The first-order valence-corrected chi connectivity index (χ1v) is 7.73. The molecule has 0 aromatic heterocycles. The van der Waals surface area contributed by atoms with Crippen LogP contribution >= 0.6 is 0 Å². The van der Waals surface area contributed by atoms with E-state index in [1.54, 1.807) is 6.92 Å². The van der Waals surface area contributed by atoms with Gasteiger partial charge in [0.1, 0.15) is 6.04 Å². The van der Waals surface area contributed by atoms with E-state index in [0.29, 0.717) is 5.56 Å². The third-order valence-electron chi connectivity index (χ3n) is 4.37. The van der Waals surface area contributed by atoms with Crippen LogP contribution in [0.25, 0.3) is 21.5 Å². The van der Waals surface area contributed by atoms with Gasteiger partial charge in [-0.05, 0) is 52.2 Å². The molecule has 4 nitrogen and oxygen atoms in total. The number of hydrogen-bond donors (Lipinski definition) is 1. The molecule has 1 N–H and O–H groups in total. The highest BCUT2D eigenvalue weighted by atomic mass is 16.5. The zero-order chi connectivity index (χ0) is 16.0. The summed E-state index contributed by atoms with van der Waals surface area (Å²) in [5, 5.41) is 19.9. The van der Waals surface area contributed by atoms with Crippen LogP contribution in [0.3, 0.4) is 0 Å². The first kappa shape index (κ1) is 14.0. The molecule has 0 spiro atoms. The van der Waals surface area contributed by atoms with Gasteiger partial charge in [0.25, 0.3) is 0 Å². The average Bonchev–Trinajstić information content (AvgIpc) is 2.90. The highest BCUT2D eigenvalue weighted by Gasteiger charge is 2.32. The predicted octanol–water partition coefficient (Wildman–Crippen LogP) is 2.75. The van der Waals surface area contributed by atoms with Crippen LogP contribution in [0.1, 0.15) is 18.6 Å². The maximum Gasteiger partial charge on any atom is 0.327 e. The molecule has 23 heavy (non-hydrogen) atoms. The van der Waals surface area contributed by atoms with Crippen molar-refractivity contribution in [3.05, 3.63) is 54.1 Å². The average molecular weight is 306 g/mol. The van der Waals surface area contributed by atoms with Crippen molar-refractivity contribution in [2.75, 3.05) is 11.9 Å². The molecule has 0 saturated heterocycles. The van der Waals surface area contributed by atoms with E-state index in [0.717, 1.165) is 27.2 Å². The molecular formula is C19H16NO3-. The molecule has 3 aromatic carbocycles. The molecule has 1 heterocycles. The van der Waals surface area contributed by atoms with Crippen LogP contribution in [-0.4, -0.2) is 18.6 Å². The maximum atomic E-state index is 12.8. The van der Waals surface area contributed by atoms with Crippen molar-refractivity contribution in [3.63, 3.8) is 0 Å². The monoisotopic (exact) mass is 306 g/mol. The van der Waals surface area contributed by atoms with Crippen molar-refractivity contribution in [2.45, 2.75) is 19.1 Å². The Morgan fingerprint density at radius 2 is 1.87 bits per heavy atom. The fourth-order valence-electron chi connectivity index (χ4n) is 3.29. The first-order valence-electron chi connectivity index (χ1n) is 7.73. The second kappa shape index (κ2) is 5.25. The lowest BCUT2D eigenvalue weighted by atomic mass is 9.96. The highest BCUT2D eigenvalue weighted by molar-refractivity contribution is 6.03. The molecule has 0 aliphatic carbocycles. The standard InChI is InChI=1S/C19H16NO3/c1-2-23-19(22)17-18(21)16-14-10-12-6-4-3-5-11(12)9-13(14)7-8-15(16)20-17/h3-10,17-18,20H,2H2,1H3/q-1. The fourth-order valence-corrected chi connectivity index (χ4v) is 3.29. The minimum atomic E-state index is -1.16. The molecule has 1 aliphatic rings. The normalized spacial score (nSPS) is 19.6. The zero-order valence-corrected chi connectivity index (χ0v) is 12.7. The number of hydrogen-bond acceptors (Lipinski definition) is 4. The molecule has 2 atom stereocenters. The molecule has 4 rings (SSSR count). The molecule has 116 valence electrons. The summed E-state index contributed by atoms with van der Waals surface area (Å²) in [5.74, 6) is -0.488. The quantitative estimate of drug-likeness (QED) is 0.584. The second-order valence-electron chi connectivity index (χ2n) is 5.74. The summed E-state index contributed by atoms with van der Waals surface area (Å²) in [5.41, 5.74) is 1.39. The number of fused-ring (bicyclic) bond motifs is 4. The fraction of sp³-hybridized carbons (Fsp3) is 0.211. The van der Waals surface area contributed by atoms with Crippen LogP contribution in [0, 0.1) is 0 Å². The molecule has 0 bridgehead atoms. The van der Waals surface area contributed by atoms with E-state index in [-0.39, 0.29) is 6.61 Å². The number of nitrogens with one attached hydrogen (secondary N) is 1. The Labute approximate surface area is 133 Å². The summed E-state index contributed by atoms with van der Waals surface area (Å²) in [6.07, 6.45) is -1.16. The number of carbonyl (C=O) groups is 1. The second-order valence-corrected chi connectivity index (χ2v) is 5.74.